The molecule has 0 atom stereocenters. The molecule has 0 aromatic carbocycles. The molecule has 0 radical (unpaired) electrons. The number of hydrogen-bond acceptors (Lipinski definition) is 5. The highest BCUT2D eigenvalue weighted by molar-refractivity contribution is 9.10. The highest BCUT2D eigenvalue weighted by atomic mass is 79.9. The summed E-state index contributed by atoms with van der Waals surface area (Å²) in [6.07, 6.45) is 0. The van der Waals surface area contributed by atoms with Gasteiger partial charge < -0.3 is 0 Å². The summed E-state index contributed by atoms with van der Waals surface area (Å²) in [5.74, 6) is 0. The van der Waals surface area contributed by atoms with Crippen molar-refractivity contribution >= 4 is 47.7 Å². The first-order chi connectivity index (χ1) is 9.71. The number of halogens is 1. The third kappa shape index (κ3) is 2.10. The van der Waals surface area contributed by atoms with Crippen LogP contribution in [0.25, 0.3) is 20.4 Å². The zero-order valence-corrected chi connectivity index (χ0v) is 14.9. The Balaban J connectivity index is 2.51. The second-order valence-corrected chi connectivity index (χ2v) is 7.87. The lowest BCUT2D eigenvalue weighted by Crippen LogP contribution is -2.36. The van der Waals surface area contributed by atoms with Crippen LogP contribution in [0.15, 0.2) is 9.27 Å². The lowest BCUT2D eigenvalue weighted by atomic mass is 10.1. The Morgan fingerprint density at radius 3 is 2.52 bits per heavy atom. The molecule has 0 aliphatic heterocycles. The van der Waals surface area contributed by atoms with E-state index in [9.17, 15) is 4.79 Å². The van der Waals surface area contributed by atoms with Crippen LogP contribution in [0.3, 0.4) is 0 Å². The molecule has 0 fully saturated rings. The Morgan fingerprint density at radius 1 is 1.24 bits per heavy atom. The Hall–Kier alpha value is -1.34. The predicted molar refractivity (Wildman–Crippen MR) is 89.1 cm³/mol. The number of fused-ring (bicyclic) bond motifs is 3. The summed E-state index contributed by atoms with van der Waals surface area (Å²) in [6, 6.07) is 0. The van der Waals surface area contributed by atoms with Gasteiger partial charge in [0, 0.05) is 9.86 Å². The molecule has 110 valence electrons. The maximum atomic E-state index is 12.7. The summed E-state index contributed by atoms with van der Waals surface area (Å²) >= 11 is 4.93. The fourth-order valence-corrected chi connectivity index (χ4v) is 3.74. The summed E-state index contributed by atoms with van der Waals surface area (Å²) in [5.41, 5.74) is 2.10. The van der Waals surface area contributed by atoms with Crippen molar-refractivity contribution in [2.24, 2.45) is 0 Å². The van der Waals surface area contributed by atoms with Gasteiger partial charge in [-0.25, -0.2) is 9.67 Å². The minimum atomic E-state index is -0.395. The minimum Gasteiger partial charge on any atom is -0.266 e. The highest BCUT2D eigenvalue weighted by Crippen LogP contribution is 2.35. The first-order valence-corrected chi connectivity index (χ1v) is 8.18. The Bertz CT molecular complexity index is 936. The molecule has 0 aliphatic rings. The quantitative estimate of drug-likeness (QED) is 0.610. The van der Waals surface area contributed by atoms with E-state index in [1.165, 1.54) is 16.0 Å². The number of pyridine rings is 1. The van der Waals surface area contributed by atoms with Crippen LogP contribution in [0.5, 0.6) is 0 Å². The minimum absolute atomic E-state index is 0.108. The van der Waals surface area contributed by atoms with Crippen molar-refractivity contribution in [3.8, 4) is 0 Å². The van der Waals surface area contributed by atoms with E-state index < -0.39 is 5.54 Å². The second kappa shape index (κ2) is 4.58. The van der Waals surface area contributed by atoms with Crippen molar-refractivity contribution in [1.82, 2.24) is 20.0 Å². The van der Waals surface area contributed by atoms with Crippen LogP contribution in [-0.4, -0.2) is 20.0 Å². The number of thiophene rings is 1. The van der Waals surface area contributed by atoms with E-state index in [0.717, 1.165) is 25.9 Å². The molecule has 3 rings (SSSR count). The van der Waals surface area contributed by atoms with E-state index in [4.69, 9.17) is 0 Å². The average molecular weight is 367 g/mol. The third-order valence-corrected chi connectivity index (χ3v) is 5.64. The predicted octanol–water partition coefficient (Wildman–Crippen LogP) is 3.54. The van der Waals surface area contributed by atoms with E-state index in [1.54, 1.807) is 0 Å². The van der Waals surface area contributed by atoms with E-state index in [0.29, 0.717) is 10.2 Å². The molecular weight excluding hydrogens is 352 g/mol. The summed E-state index contributed by atoms with van der Waals surface area (Å²) in [6.45, 7) is 9.76. The molecule has 21 heavy (non-hydrogen) atoms. The van der Waals surface area contributed by atoms with Gasteiger partial charge in [-0.15, -0.1) is 16.4 Å². The number of nitrogens with zero attached hydrogens (tertiary/aromatic N) is 4. The second-order valence-electron chi connectivity index (χ2n) is 6.07. The standard InChI is InChI=1S/C14H15BrN4OS/c1-6-8-10-11(21-12(8)16-7(2)9(6)15)13(20)19(18-17-10)14(3,4)5/h1-5H3. The number of rotatable bonds is 0. The monoisotopic (exact) mass is 366 g/mol. The largest absolute Gasteiger partial charge is 0.288 e. The van der Waals surface area contributed by atoms with Crippen molar-refractivity contribution in [3.05, 3.63) is 26.1 Å². The van der Waals surface area contributed by atoms with Crippen molar-refractivity contribution in [2.45, 2.75) is 40.2 Å². The van der Waals surface area contributed by atoms with Crippen molar-refractivity contribution in [3.63, 3.8) is 0 Å². The van der Waals surface area contributed by atoms with Gasteiger partial charge in [0.05, 0.1) is 11.2 Å². The zero-order valence-electron chi connectivity index (χ0n) is 12.5. The summed E-state index contributed by atoms with van der Waals surface area (Å²) in [5, 5.41) is 9.32. The maximum Gasteiger partial charge on any atom is 0.288 e. The number of aryl methyl sites for hydroxylation is 2. The Kier molecular flexibility index (Phi) is 3.18. The lowest BCUT2D eigenvalue weighted by Gasteiger charge is -2.18. The Labute approximate surface area is 134 Å². The smallest absolute Gasteiger partial charge is 0.266 e. The molecule has 3 aromatic heterocycles. The van der Waals surface area contributed by atoms with Gasteiger partial charge in [0.1, 0.15) is 15.0 Å². The SMILES string of the molecule is Cc1nc2sc3c(=O)n(C(C)(C)C)nnc3c2c(C)c1Br. The van der Waals surface area contributed by atoms with Gasteiger partial charge in [0.25, 0.3) is 5.56 Å². The van der Waals surface area contributed by atoms with E-state index >= 15 is 0 Å². The van der Waals surface area contributed by atoms with Gasteiger partial charge in [-0.1, -0.05) is 5.21 Å². The Morgan fingerprint density at radius 2 is 1.90 bits per heavy atom. The molecular formula is C14H15BrN4OS. The highest BCUT2D eigenvalue weighted by Gasteiger charge is 2.22. The summed E-state index contributed by atoms with van der Waals surface area (Å²) < 4.78 is 3.00. The number of aromatic nitrogens is 4. The molecule has 0 amide bonds. The molecule has 7 heteroatoms. The van der Waals surface area contributed by atoms with Crippen molar-refractivity contribution in [1.29, 1.82) is 0 Å². The molecule has 0 bridgehead atoms. The summed E-state index contributed by atoms with van der Waals surface area (Å²) in [4.78, 5) is 18.1. The van der Waals surface area contributed by atoms with Gasteiger partial charge in [0.2, 0.25) is 0 Å². The van der Waals surface area contributed by atoms with Crippen LogP contribution in [0.1, 0.15) is 32.0 Å². The fourth-order valence-electron chi connectivity index (χ4n) is 2.32. The van der Waals surface area contributed by atoms with Crippen LogP contribution in [-0.2, 0) is 5.54 Å². The van der Waals surface area contributed by atoms with Crippen LogP contribution in [0.2, 0.25) is 0 Å². The molecule has 3 heterocycles. The van der Waals surface area contributed by atoms with Crippen molar-refractivity contribution in [2.75, 3.05) is 0 Å². The first-order valence-electron chi connectivity index (χ1n) is 6.57. The van der Waals surface area contributed by atoms with Gasteiger partial charge >= 0.3 is 0 Å². The van der Waals surface area contributed by atoms with Gasteiger partial charge in [-0.05, 0) is 56.1 Å². The third-order valence-electron chi connectivity index (χ3n) is 3.41. The van der Waals surface area contributed by atoms with E-state index in [-0.39, 0.29) is 5.56 Å². The fraction of sp³-hybridized carbons (Fsp3) is 0.429. The van der Waals surface area contributed by atoms with Crippen LogP contribution in [0.4, 0.5) is 0 Å². The average Bonchev–Trinajstić information content (AvgIpc) is 2.74. The van der Waals surface area contributed by atoms with E-state index in [1.807, 2.05) is 34.6 Å². The van der Waals surface area contributed by atoms with Crippen LogP contribution >= 0.6 is 27.3 Å². The molecule has 0 unspecified atom stereocenters. The molecule has 3 aromatic rings. The molecule has 0 spiro atoms. The van der Waals surface area contributed by atoms with Gasteiger partial charge in [0.15, 0.2) is 0 Å². The number of hydrogen-bond donors (Lipinski definition) is 0. The topological polar surface area (TPSA) is 60.7 Å². The molecule has 0 saturated carbocycles. The molecule has 5 nitrogen and oxygen atoms in total. The zero-order chi connectivity index (χ0) is 15.5. The van der Waals surface area contributed by atoms with E-state index in [2.05, 4.69) is 31.2 Å². The molecule has 0 aliphatic carbocycles. The summed E-state index contributed by atoms with van der Waals surface area (Å²) in [7, 11) is 0. The maximum absolute atomic E-state index is 12.7. The van der Waals surface area contributed by atoms with Crippen molar-refractivity contribution < 1.29 is 0 Å². The normalized spacial score (nSPS) is 12.5. The van der Waals surface area contributed by atoms with Crippen LogP contribution in [0, 0.1) is 13.8 Å². The van der Waals surface area contributed by atoms with Gasteiger partial charge in [-0.2, -0.15) is 0 Å². The van der Waals surface area contributed by atoms with Gasteiger partial charge in [-0.3, -0.25) is 4.79 Å². The molecule has 0 N–H and O–H groups in total. The first kappa shape index (κ1) is 14.6. The lowest BCUT2D eigenvalue weighted by molar-refractivity contribution is 0.328. The van der Waals surface area contributed by atoms with Crippen LogP contribution < -0.4 is 5.56 Å². The molecule has 0 saturated heterocycles.